The molecular weight excluding hydrogens is 438 g/mol. The monoisotopic (exact) mass is 463 g/mol. The van der Waals surface area contributed by atoms with Gasteiger partial charge in [0.25, 0.3) is 0 Å². The Bertz CT molecular complexity index is 1190. The molecule has 0 heterocycles. The molecule has 4 aromatic carbocycles. The van der Waals surface area contributed by atoms with Gasteiger partial charge in [0.15, 0.2) is 0 Å². The molecule has 5 heteroatoms. The first-order valence-electron chi connectivity index (χ1n) is 9.99. The van der Waals surface area contributed by atoms with Gasteiger partial charge < -0.3 is 10.5 Å². The maximum absolute atomic E-state index is 6.61. The number of hydrogen-bond donors (Lipinski definition) is 2. The molecule has 4 aromatic rings. The first-order valence-corrected chi connectivity index (χ1v) is 13.1. The number of benzene rings is 4. The molecule has 0 aliphatic rings. The van der Waals surface area contributed by atoms with Gasteiger partial charge in [-0.15, -0.1) is 23.5 Å². The SMILES string of the molecule is CSc1cc2c(OCc3ccccc3)cc(N)c(-c3ccc(CS)cc3)c2cc1SC. The van der Waals surface area contributed by atoms with Crippen molar-refractivity contribution in [3.05, 3.63) is 83.9 Å². The summed E-state index contributed by atoms with van der Waals surface area (Å²) in [7, 11) is 0. The van der Waals surface area contributed by atoms with E-state index in [-0.39, 0.29) is 0 Å². The Hall–Kier alpha value is -2.21. The van der Waals surface area contributed by atoms with Crippen LogP contribution >= 0.6 is 36.2 Å². The van der Waals surface area contributed by atoms with Gasteiger partial charge in [0, 0.05) is 38.2 Å². The van der Waals surface area contributed by atoms with Crippen LogP contribution in [-0.2, 0) is 12.4 Å². The highest BCUT2D eigenvalue weighted by atomic mass is 32.2. The molecule has 0 aliphatic carbocycles. The van der Waals surface area contributed by atoms with Crippen molar-refractivity contribution in [2.24, 2.45) is 0 Å². The van der Waals surface area contributed by atoms with Crippen molar-refractivity contribution >= 4 is 52.6 Å². The summed E-state index contributed by atoms with van der Waals surface area (Å²) in [6, 6.07) is 25.1. The lowest BCUT2D eigenvalue weighted by Gasteiger charge is -2.18. The lowest BCUT2D eigenvalue weighted by atomic mass is 9.95. The van der Waals surface area contributed by atoms with Gasteiger partial charge >= 0.3 is 0 Å². The molecule has 2 nitrogen and oxygen atoms in total. The smallest absolute Gasteiger partial charge is 0.129 e. The molecule has 0 atom stereocenters. The molecule has 31 heavy (non-hydrogen) atoms. The van der Waals surface area contributed by atoms with Crippen LogP contribution in [0.5, 0.6) is 5.75 Å². The van der Waals surface area contributed by atoms with E-state index < -0.39 is 0 Å². The van der Waals surface area contributed by atoms with E-state index >= 15 is 0 Å². The highest BCUT2D eigenvalue weighted by molar-refractivity contribution is 8.01. The largest absolute Gasteiger partial charge is 0.488 e. The molecule has 2 N–H and O–H groups in total. The van der Waals surface area contributed by atoms with Crippen molar-refractivity contribution in [3.8, 4) is 16.9 Å². The van der Waals surface area contributed by atoms with Crippen LogP contribution in [0.1, 0.15) is 11.1 Å². The fraction of sp³-hybridized carbons (Fsp3) is 0.154. The molecule has 0 unspecified atom stereocenters. The van der Waals surface area contributed by atoms with Crippen LogP contribution in [0.2, 0.25) is 0 Å². The summed E-state index contributed by atoms with van der Waals surface area (Å²) in [6.45, 7) is 0.504. The Balaban J connectivity index is 1.88. The Kier molecular flexibility index (Phi) is 7.06. The first kappa shape index (κ1) is 22.0. The van der Waals surface area contributed by atoms with Gasteiger partial charge in [-0.1, -0.05) is 54.6 Å². The molecule has 0 radical (unpaired) electrons. The summed E-state index contributed by atoms with van der Waals surface area (Å²) in [5.74, 6) is 1.53. The van der Waals surface area contributed by atoms with E-state index in [9.17, 15) is 0 Å². The molecule has 0 spiro atoms. The summed E-state index contributed by atoms with van der Waals surface area (Å²) in [6.07, 6.45) is 4.22. The third kappa shape index (κ3) is 4.69. The van der Waals surface area contributed by atoms with E-state index in [1.807, 2.05) is 24.3 Å². The fourth-order valence-corrected chi connectivity index (χ4v) is 5.39. The molecular formula is C26H25NOS3. The molecule has 4 rings (SSSR count). The quantitative estimate of drug-likeness (QED) is 0.169. The Labute approximate surface area is 198 Å². The number of thioether (sulfide) groups is 2. The van der Waals surface area contributed by atoms with Crippen LogP contribution in [0.25, 0.3) is 21.9 Å². The van der Waals surface area contributed by atoms with Gasteiger partial charge in [0.2, 0.25) is 0 Å². The molecule has 0 fully saturated rings. The maximum Gasteiger partial charge on any atom is 0.129 e. The zero-order valence-corrected chi connectivity index (χ0v) is 20.1. The van der Waals surface area contributed by atoms with Gasteiger partial charge in [0.1, 0.15) is 12.4 Å². The normalized spacial score (nSPS) is 11.1. The van der Waals surface area contributed by atoms with Crippen molar-refractivity contribution in [2.45, 2.75) is 22.2 Å². The number of anilines is 1. The van der Waals surface area contributed by atoms with Crippen LogP contribution in [-0.4, -0.2) is 12.5 Å². The average Bonchev–Trinajstić information content (AvgIpc) is 2.82. The van der Waals surface area contributed by atoms with E-state index in [2.05, 4.69) is 73.7 Å². The molecule has 0 bridgehead atoms. The maximum atomic E-state index is 6.61. The standard InChI is InChI=1S/C26H25NOS3/c1-30-24-12-20-21(13-25(24)31-2)26(19-10-8-18(16-29)9-11-19)22(27)14-23(20)28-15-17-6-4-3-5-7-17/h3-14,29H,15-16,27H2,1-2H3. The highest BCUT2D eigenvalue weighted by Gasteiger charge is 2.16. The van der Waals surface area contributed by atoms with Crippen LogP contribution < -0.4 is 10.5 Å². The predicted molar refractivity (Wildman–Crippen MR) is 141 cm³/mol. The van der Waals surface area contributed by atoms with E-state index in [4.69, 9.17) is 10.5 Å². The van der Waals surface area contributed by atoms with Crippen molar-refractivity contribution in [1.82, 2.24) is 0 Å². The second-order valence-corrected chi connectivity index (χ2v) is 9.23. The Morgan fingerprint density at radius 2 is 1.45 bits per heavy atom. The lowest BCUT2D eigenvalue weighted by Crippen LogP contribution is -2.00. The van der Waals surface area contributed by atoms with Crippen LogP contribution in [0.15, 0.2) is 82.6 Å². The Morgan fingerprint density at radius 1 is 0.806 bits per heavy atom. The van der Waals surface area contributed by atoms with E-state index in [0.29, 0.717) is 6.61 Å². The minimum Gasteiger partial charge on any atom is -0.488 e. The second kappa shape index (κ2) is 9.94. The topological polar surface area (TPSA) is 35.2 Å². The zero-order chi connectivity index (χ0) is 21.8. The molecule has 0 aromatic heterocycles. The van der Waals surface area contributed by atoms with Crippen molar-refractivity contribution in [1.29, 1.82) is 0 Å². The van der Waals surface area contributed by atoms with E-state index in [1.54, 1.807) is 23.5 Å². The Morgan fingerprint density at radius 3 is 2.06 bits per heavy atom. The molecule has 0 saturated carbocycles. The number of hydrogen-bond acceptors (Lipinski definition) is 5. The first-order chi connectivity index (χ1) is 15.1. The van der Waals surface area contributed by atoms with Crippen molar-refractivity contribution < 1.29 is 4.74 Å². The van der Waals surface area contributed by atoms with Crippen LogP contribution in [0.4, 0.5) is 5.69 Å². The number of ether oxygens (including phenoxy) is 1. The minimum atomic E-state index is 0.504. The van der Waals surface area contributed by atoms with Gasteiger partial charge in [-0.25, -0.2) is 0 Å². The predicted octanol–water partition coefficient (Wildman–Crippen LogP) is 7.54. The number of nitrogen functional groups attached to an aromatic ring is 1. The lowest BCUT2D eigenvalue weighted by molar-refractivity contribution is 0.310. The number of nitrogens with two attached hydrogens (primary N) is 1. The van der Waals surface area contributed by atoms with Crippen LogP contribution in [0.3, 0.4) is 0 Å². The third-order valence-electron chi connectivity index (χ3n) is 5.30. The molecule has 158 valence electrons. The van der Waals surface area contributed by atoms with Gasteiger partial charge in [-0.2, -0.15) is 12.6 Å². The summed E-state index contributed by atoms with van der Waals surface area (Å²) in [5.41, 5.74) is 11.8. The second-order valence-electron chi connectivity index (χ2n) is 7.22. The third-order valence-corrected chi connectivity index (χ3v) is 7.35. The number of thiol groups is 1. The zero-order valence-electron chi connectivity index (χ0n) is 17.6. The number of fused-ring (bicyclic) bond motifs is 1. The van der Waals surface area contributed by atoms with Gasteiger partial charge in [-0.3, -0.25) is 0 Å². The van der Waals surface area contributed by atoms with E-state index in [1.165, 1.54) is 15.4 Å². The summed E-state index contributed by atoms with van der Waals surface area (Å²) >= 11 is 7.89. The van der Waals surface area contributed by atoms with E-state index in [0.717, 1.165) is 44.7 Å². The average molecular weight is 464 g/mol. The van der Waals surface area contributed by atoms with Gasteiger partial charge in [0.05, 0.1) is 0 Å². The summed E-state index contributed by atoms with van der Waals surface area (Å²) in [4.78, 5) is 2.48. The van der Waals surface area contributed by atoms with Crippen molar-refractivity contribution in [2.75, 3.05) is 18.2 Å². The highest BCUT2D eigenvalue weighted by Crippen LogP contribution is 2.44. The molecule has 0 amide bonds. The van der Waals surface area contributed by atoms with Crippen LogP contribution in [0, 0.1) is 0 Å². The molecule has 0 saturated heterocycles. The van der Waals surface area contributed by atoms with Gasteiger partial charge in [-0.05, 0) is 46.7 Å². The fourth-order valence-electron chi connectivity index (χ4n) is 3.69. The minimum absolute atomic E-state index is 0.504. The summed E-state index contributed by atoms with van der Waals surface area (Å²) in [5, 5.41) is 2.20. The number of rotatable bonds is 7. The van der Waals surface area contributed by atoms with Crippen molar-refractivity contribution in [3.63, 3.8) is 0 Å². The molecule has 0 aliphatic heterocycles. The summed E-state index contributed by atoms with van der Waals surface area (Å²) < 4.78 is 6.28.